The summed E-state index contributed by atoms with van der Waals surface area (Å²) in [6, 6.07) is 10.6. The van der Waals surface area contributed by atoms with Crippen LogP contribution in [0, 0.1) is 5.92 Å². The second-order valence-electron chi connectivity index (χ2n) is 5.17. The van der Waals surface area contributed by atoms with Crippen LogP contribution in [-0.2, 0) is 5.75 Å². The van der Waals surface area contributed by atoms with E-state index in [-0.39, 0.29) is 6.10 Å². The van der Waals surface area contributed by atoms with E-state index in [1.165, 1.54) is 11.3 Å². The van der Waals surface area contributed by atoms with Gasteiger partial charge in [-0.2, -0.15) is 11.8 Å². The molecule has 1 aromatic carbocycles. The number of benzene rings is 1. The summed E-state index contributed by atoms with van der Waals surface area (Å²) in [6.07, 6.45) is 0.850. The van der Waals surface area contributed by atoms with Crippen molar-refractivity contribution >= 4 is 11.8 Å². The highest BCUT2D eigenvalue weighted by Gasteiger charge is 2.23. The van der Waals surface area contributed by atoms with Crippen LogP contribution in [0.15, 0.2) is 30.3 Å². The summed E-state index contributed by atoms with van der Waals surface area (Å²) >= 11 is 2.00. The Bertz CT molecular complexity index is 344. The van der Waals surface area contributed by atoms with Gasteiger partial charge in [0.05, 0.1) is 6.10 Å². The monoisotopic (exact) mass is 265 g/mol. The molecule has 1 saturated heterocycles. The molecule has 2 rings (SSSR count). The molecule has 0 spiro atoms. The second kappa shape index (κ2) is 7.17. The molecule has 0 aromatic heterocycles. The maximum absolute atomic E-state index is 9.68. The number of nitrogens with zero attached hydrogens (tertiary/aromatic N) is 1. The van der Waals surface area contributed by atoms with Gasteiger partial charge >= 0.3 is 0 Å². The highest BCUT2D eigenvalue weighted by atomic mass is 32.2. The van der Waals surface area contributed by atoms with Crippen molar-refractivity contribution in [2.24, 2.45) is 5.92 Å². The van der Waals surface area contributed by atoms with Gasteiger partial charge in [-0.15, -0.1) is 0 Å². The van der Waals surface area contributed by atoms with Gasteiger partial charge in [-0.05, 0) is 17.9 Å². The van der Waals surface area contributed by atoms with Gasteiger partial charge in [0.15, 0.2) is 0 Å². The van der Waals surface area contributed by atoms with Crippen LogP contribution in [0.25, 0.3) is 0 Å². The molecule has 0 amide bonds. The van der Waals surface area contributed by atoms with Crippen molar-refractivity contribution in [3.05, 3.63) is 35.9 Å². The van der Waals surface area contributed by atoms with E-state index in [0.29, 0.717) is 5.92 Å². The van der Waals surface area contributed by atoms with Crippen molar-refractivity contribution < 1.29 is 5.11 Å². The van der Waals surface area contributed by atoms with E-state index in [9.17, 15) is 5.11 Å². The molecule has 1 heterocycles. The normalized spacial score (nSPS) is 25.2. The van der Waals surface area contributed by atoms with Crippen molar-refractivity contribution in [2.45, 2.75) is 25.2 Å². The molecule has 18 heavy (non-hydrogen) atoms. The lowest BCUT2D eigenvalue weighted by Crippen LogP contribution is -2.42. The highest BCUT2D eigenvalue weighted by Crippen LogP contribution is 2.18. The summed E-state index contributed by atoms with van der Waals surface area (Å²) in [5.41, 5.74) is 1.41. The number of aliphatic hydroxyl groups excluding tert-OH is 1. The fraction of sp³-hybridized carbons (Fsp3) is 0.600. The largest absolute Gasteiger partial charge is 0.393 e. The van der Waals surface area contributed by atoms with Crippen molar-refractivity contribution in [3.8, 4) is 0 Å². The summed E-state index contributed by atoms with van der Waals surface area (Å²) in [5, 5.41) is 9.68. The molecule has 3 heteroatoms. The molecule has 0 radical (unpaired) electrons. The molecule has 2 nitrogen and oxygen atoms in total. The Balaban J connectivity index is 1.61. The summed E-state index contributed by atoms with van der Waals surface area (Å²) < 4.78 is 0. The number of rotatable bonds is 5. The lowest BCUT2D eigenvalue weighted by atomic mass is 9.97. The molecule has 0 aliphatic carbocycles. The number of hydrogen-bond acceptors (Lipinski definition) is 3. The third-order valence-electron chi connectivity index (χ3n) is 3.61. The molecule has 1 aliphatic rings. The molecule has 1 aliphatic heterocycles. The molecule has 1 N–H and O–H groups in total. The first-order valence-corrected chi connectivity index (χ1v) is 7.93. The van der Waals surface area contributed by atoms with Gasteiger partial charge in [0.2, 0.25) is 0 Å². The maximum atomic E-state index is 9.68. The van der Waals surface area contributed by atoms with E-state index in [1.807, 2.05) is 11.8 Å². The fourth-order valence-corrected chi connectivity index (χ4v) is 3.34. The highest BCUT2D eigenvalue weighted by molar-refractivity contribution is 7.98. The van der Waals surface area contributed by atoms with Crippen LogP contribution in [0.1, 0.15) is 18.9 Å². The van der Waals surface area contributed by atoms with Crippen LogP contribution in [0.4, 0.5) is 0 Å². The topological polar surface area (TPSA) is 23.5 Å². The van der Waals surface area contributed by atoms with Gasteiger partial charge in [0.1, 0.15) is 0 Å². The van der Waals surface area contributed by atoms with Crippen molar-refractivity contribution in [1.82, 2.24) is 4.90 Å². The molecule has 0 saturated carbocycles. The Kier molecular flexibility index (Phi) is 5.54. The lowest BCUT2D eigenvalue weighted by molar-refractivity contribution is 0.0377. The van der Waals surface area contributed by atoms with Crippen LogP contribution in [0.3, 0.4) is 0 Å². The summed E-state index contributed by atoms with van der Waals surface area (Å²) in [6.45, 7) is 5.40. The number of likely N-dealkylation sites (tertiary alicyclic amines) is 1. The number of hydrogen-bond donors (Lipinski definition) is 1. The Morgan fingerprint density at radius 3 is 2.83 bits per heavy atom. The summed E-state index contributed by atoms with van der Waals surface area (Å²) in [7, 11) is 0. The maximum Gasteiger partial charge on any atom is 0.0590 e. The van der Waals surface area contributed by atoms with Crippen molar-refractivity contribution in [2.75, 3.05) is 25.4 Å². The average Bonchev–Trinajstić information content (AvgIpc) is 2.40. The molecule has 0 bridgehead atoms. The van der Waals surface area contributed by atoms with Gasteiger partial charge in [-0.1, -0.05) is 37.3 Å². The van der Waals surface area contributed by atoms with Gasteiger partial charge in [0, 0.05) is 31.1 Å². The standard InChI is InChI=1S/C15H23NOS/c1-13-11-16(8-7-15(13)17)9-10-18-12-14-5-3-2-4-6-14/h2-6,13,15,17H,7-12H2,1H3/t13-,15-/m1/s1. The van der Waals surface area contributed by atoms with Gasteiger partial charge in [-0.3, -0.25) is 0 Å². The molecule has 1 fully saturated rings. The van der Waals surface area contributed by atoms with Crippen LogP contribution >= 0.6 is 11.8 Å². The first-order chi connectivity index (χ1) is 8.75. The SMILES string of the molecule is C[C@@H]1CN(CCSCc2ccccc2)CC[C@H]1O. The molecule has 0 unspecified atom stereocenters. The number of thioether (sulfide) groups is 1. The molecule has 100 valence electrons. The van der Waals surface area contributed by atoms with E-state index in [1.54, 1.807) is 0 Å². The first kappa shape index (κ1) is 13.9. The van der Waals surface area contributed by atoms with E-state index >= 15 is 0 Å². The Hall–Kier alpha value is -0.510. The van der Waals surface area contributed by atoms with Crippen LogP contribution in [0.5, 0.6) is 0 Å². The predicted molar refractivity (Wildman–Crippen MR) is 78.8 cm³/mol. The fourth-order valence-electron chi connectivity index (χ4n) is 2.38. The molecule has 1 aromatic rings. The van der Waals surface area contributed by atoms with E-state index in [0.717, 1.165) is 31.8 Å². The van der Waals surface area contributed by atoms with Crippen LogP contribution in [-0.4, -0.2) is 41.5 Å². The van der Waals surface area contributed by atoms with Crippen molar-refractivity contribution in [3.63, 3.8) is 0 Å². The van der Waals surface area contributed by atoms with Gasteiger partial charge in [0.25, 0.3) is 0 Å². The third kappa shape index (κ3) is 4.30. The zero-order valence-corrected chi connectivity index (χ0v) is 11.9. The van der Waals surface area contributed by atoms with Gasteiger partial charge < -0.3 is 10.0 Å². The zero-order valence-electron chi connectivity index (χ0n) is 11.1. The minimum atomic E-state index is -0.0850. The third-order valence-corrected chi connectivity index (χ3v) is 4.62. The van der Waals surface area contributed by atoms with E-state index in [2.05, 4.69) is 42.2 Å². The quantitative estimate of drug-likeness (QED) is 0.828. The number of aliphatic hydroxyl groups is 1. The Morgan fingerprint density at radius 1 is 1.33 bits per heavy atom. The van der Waals surface area contributed by atoms with Crippen LogP contribution < -0.4 is 0 Å². The minimum absolute atomic E-state index is 0.0850. The van der Waals surface area contributed by atoms with Crippen molar-refractivity contribution in [1.29, 1.82) is 0 Å². The minimum Gasteiger partial charge on any atom is -0.393 e. The molecular weight excluding hydrogens is 242 g/mol. The Labute approximate surface area is 114 Å². The summed E-state index contributed by atoms with van der Waals surface area (Å²) in [5.74, 6) is 2.71. The van der Waals surface area contributed by atoms with E-state index in [4.69, 9.17) is 0 Å². The average molecular weight is 265 g/mol. The first-order valence-electron chi connectivity index (χ1n) is 6.78. The number of piperidine rings is 1. The molecular formula is C15H23NOS. The Morgan fingerprint density at radius 2 is 2.11 bits per heavy atom. The predicted octanol–water partition coefficient (Wildman–Crippen LogP) is 2.62. The molecule has 2 atom stereocenters. The zero-order chi connectivity index (χ0) is 12.8. The second-order valence-corrected chi connectivity index (χ2v) is 6.28. The van der Waals surface area contributed by atoms with Crippen LogP contribution in [0.2, 0.25) is 0 Å². The summed E-state index contributed by atoms with van der Waals surface area (Å²) in [4.78, 5) is 2.48. The van der Waals surface area contributed by atoms with Gasteiger partial charge in [-0.25, -0.2) is 0 Å². The smallest absolute Gasteiger partial charge is 0.0590 e. The van der Waals surface area contributed by atoms with E-state index < -0.39 is 0 Å². The lowest BCUT2D eigenvalue weighted by Gasteiger charge is -2.34.